The number of ether oxygens (including phenoxy) is 2. The number of carbonyl (C=O) groups excluding carboxylic acids is 3. The number of hydrogen-bond acceptors (Lipinski definition) is 9. The monoisotopic (exact) mass is 664 g/mol. The zero-order valence-corrected chi connectivity index (χ0v) is 29.3. The van der Waals surface area contributed by atoms with Crippen LogP contribution in [0.5, 0.6) is 5.75 Å². The van der Waals surface area contributed by atoms with Gasteiger partial charge in [0.1, 0.15) is 24.5 Å². The minimum absolute atomic E-state index is 0.00780. The first kappa shape index (κ1) is 33.4. The number of amides is 2. The fourth-order valence-corrected chi connectivity index (χ4v) is 9.55. The number of esters is 1. The Morgan fingerprint density at radius 3 is 2.72 bits per heavy atom. The quantitative estimate of drug-likeness (QED) is 0.188. The van der Waals surface area contributed by atoms with Crippen molar-refractivity contribution in [2.75, 3.05) is 19.0 Å². The van der Waals surface area contributed by atoms with Crippen LogP contribution in [-0.4, -0.2) is 58.9 Å². The molecule has 0 bridgehead atoms. The second-order valence-corrected chi connectivity index (χ2v) is 16.2. The van der Waals surface area contributed by atoms with Crippen molar-refractivity contribution in [2.24, 2.45) is 28.3 Å². The molecule has 11 heteroatoms. The molecule has 10 nitrogen and oxygen atoms in total. The summed E-state index contributed by atoms with van der Waals surface area (Å²) in [7, 11) is 1.62. The molecule has 0 radical (unpaired) electrons. The van der Waals surface area contributed by atoms with E-state index < -0.39 is 23.7 Å². The Hall–Kier alpha value is -3.47. The lowest BCUT2D eigenvalue weighted by molar-refractivity contribution is -0.139. The molecule has 1 saturated heterocycles. The molecule has 6 rings (SSSR count). The predicted molar refractivity (Wildman–Crippen MR) is 181 cm³/mol. The molecule has 4 aliphatic rings. The van der Waals surface area contributed by atoms with Crippen LogP contribution in [0, 0.1) is 30.1 Å². The van der Waals surface area contributed by atoms with Gasteiger partial charge in [-0.25, -0.2) is 14.6 Å². The number of aryl methyl sites for hydroxylation is 2. The normalized spacial score (nSPS) is 29.1. The number of rotatable bonds is 7. The van der Waals surface area contributed by atoms with Crippen LogP contribution in [0.25, 0.3) is 0 Å². The van der Waals surface area contributed by atoms with Crippen LogP contribution in [-0.2, 0) is 25.6 Å². The van der Waals surface area contributed by atoms with Gasteiger partial charge in [-0.2, -0.15) is 0 Å². The number of benzene rings is 1. The summed E-state index contributed by atoms with van der Waals surface area (Å²) in [5.41, 5.74) is 3.01. The van der Waals surface area contributed by atoms with Crippen molar-refractivity contribution < 1.29 is 28.7 Å². The maximum Gasteiger partial charge on any atom is 0.411 e. The summed E-state index contributed by atoms with van der Waals surface area (Å²) in [4.78, 5) is 51.1. The van der Waals surface area contributed by atoms with Gasteiger partial charge in [0, 0.05) is 29.5 Å². The molecular formula is C36H48N4O6S. The van der Waals surface area contributed by atoms with Crippen LogP contribution >= 0.6 is 11.3 Å². The molecular weight excluding hydrogens is 616 g/mol. The predicted octanol–water partition coefficient (Wildman–Crippen LogP) is 7.26. The number of oxime groups is 1. The van der Waals surface area contributed by atoms with Crippen molar-refractivity contribution in [2.45, 2.75) is 110 Å². The first-order valence-corrected chi connectivity index (χ1v) is 17.8. The summed E-state index contributed by atoms with van der Waals surface area (Å²) >= 11 is 1.49. The SMILES string of the molecule is CO/N=C1\C[C@@H](CCC(=O)Nc2ncc(C)s2)C2C3CCc4cc(OC(=O)C5CCCN5C(=O)OC(C)(C)C)ccc4C3CC[C@]12C. The first-order valence-electron chi connectivity index (χ1n) is 17.0. The zero-order chi connectivity index (χ0) is 33.5. The van der Waals surface area contributed by atoms with Crippen molar-refractivity contribution in [3.8, 4) is 5.75 Å². The highest BCUT2D eigenvalue weighted by Crippen LogP contribution is 2.62. The molecule has 254 valence electrons. The molecule has 2 heterocycles. The molecule has 3 fully saturated rings. The molecule has 2 amide bonds. The number of nitrogens with one attached hydrogen (secondary N) is 1. The Morgan fingerprint density at radius 2 is 2.00 bits per heavy atom. The second kappa shape index (κ2) is 13.2. The van der Waals surface area contributed by atoms with Crippen molar-refractivity contribution in [3.63, 3.8) is 0 Å². The van der Waals surface area contributed by atoms with Gasteiger partial charge in [0.2, 0.25) is 5.91 Å². The Labute approximate surface area is 281 Å². The first-order chi connectivity index (χ1) is 22.4. The summed E-state index contributed by atoms with van der Waals surface area (Å²) < 4.78 is 11.4. The number of anilines is 1. The lowest BCUT2D eigenvalue weighted by Gasteiger charge is -2.50. The van der Waals surface area contributed by atoms with Crippen molar-refractivity contribution >= 4 is 40.1 Å². The van der Waals surface area contributed by atoms with E-state index in [1.54, 1.807) is 13.3 Å². The number of nitrogens with zero attached hydrogens (tertiary/aromatic N) is 3. The van der Waals surface area contributed by atoms with Crippen LogP contribution in [0.1, 0.15) is 101 Å². The third-order valence-corrected chi connectivity index (χ3v) is 11.6. The lowest BCUT2D eigenvalue weighted by atomic mass is 9.54. The number of likely N-dealkylation sites (tertiary alicyclic amines) is 1. The zero-order valence-electron chi connectivity index (χ0n) is 28.5. The third kappa shape index (κ3) is 6.91. The number of aromatic nitrogens is 1. The van der Waals surface area contributed by atoms with E-state index in [9.17, 15) is 14.4 Å². The van der Waals surface area contributed by atoms with Crippen molar-refractivity contribution in [1.29, 1.82) is 0 Å². The van der Waals surface area contributed by atoms with E-state index in [1.807, 2.05) is 39.8 Å². The number of carbonyl (C=O) groups is 3. The van der Waals surface area contributed by atoms with Gasteiger partial charge < -0.3 is 19.6 Å². The van der Waals surface area contributed by atoms with E-state index >= 15 is 0 Å². The van der Waals surface area contributed by atoms with Crippen molar-refractivity contribution in [1.82, 2.24) is 9.88 Å². The Bertz CT molecular complexity index is 1550. The summed E-state index contributed by atoms with van der Waals surface area (Å²) in [6.07, 6.45) is 8.70. The number of thiazole rings is 1. The van der Waals surface area contributed by atoms with Gasteiger partial charge >= 0.3 is 12.1 Å². The van der Waals surface area contributed by atoms with Gasteiger partial charge in [-0.1, -0.05) is 18.1 Å². The van der Waals surface area contributed by atoms with Gasteiger partial charge in [0.05, 0.1) is 5.71 Å². The summed E-state index contributed by atoms with van der Waals surface area (Å²) in [5.74, 6) is 1.73. The molecule has 6 atom stereocenters. The van der Waals surface area contributed by atoms with Gasteiger partial charge in [-0.3, -0.25) is 9.69 Å². The van der Waals surface area contributed by atoms with E-state index in [1.165, 1.54) is 27.4 Å². The summed E-state index contributed by atoms with van der Waals surface area (Å²) in [6.45, 7) is 10.3. The van der Waals surface area contributed by atoms with Crippen LogP contribution < -0.4 is 10.1 Å². The Morgan fingerprint density at radius 1 is 1.19 bits per heavy atom. The van der Waals surface area contributed by atoms with Gasteiger partial charge in [-0.05, 0) is 126 Å². The molecule has 2 saturated carbocycles. The highest BCUT2D eigenvalue weighted by Gasteiger charge is 2.57. The largest absolute Gasteiger partial charge is 0.444 e. The molecule has 1 aliphatic heterocycles. The minimum atomic E-state index is -0.642. The van der Waals surface area contributed by atoms with Gasteiger partial charge in [0.25, 0.3) is 0 Å². The standard InChI is InChI=1S/C36H48N4O6S/c1-21-20-37-33(47-21)38-30(41)14-10-23-19-29(39-44-6)36(5)16-15-26-25-13-11-24(18-22(25)9-12-27(26)31(23)36)45-32(42)28-8-7-17-40(28)34(43)46-35(2,3)4/h11,13,18,20,23,26-28,31H,7-10,12,14-17,19H2,1-6H3,(H,37,38,41)/b39-29+/t23-,26?,27?,28?,31?,36-/m1/s1. The van der Waals surface area contributed by atoms with Gasteiger partial charge in [0.15, 0.2) is 5.13 Å². The fourth-order valence-electron chi connectivity index (χ4n) is 8.87. The van der Waals surface area contributed by atoms with Crippen LogP contribution in [0.4, 0.5) is 9.93 Å². The number of hydrogen-bond donors (Lipinski definition) is 1. The van der Waals surface area contributed by atoms with Crippen LogP contribution in [0.15, 0.2) is 29.6 Å². The van der Waals surface area contributed by atoms with E-state index in [2.05, 4.69) is 28.4 Å². The molecule has 4 unspecified atom stereocenters. The van der Waals surface area contributed by atoms with E-state index in [-0.39, 0.29) is 11.3 Å². The van der Waals surface area contributed by atoms with E-state index in [0.717, 1.165) is 55.5 Å². The van der Waals surface area contributed by atoms with Crippen LogP contribution in [0.3, 0.4) is 0 Å². The minimum Gasteiger partial charge on any atom is -0.444 e. The topological polar surface area (TPSA) is 119 Å². The smallest absolute Gasteiger partial charge is 0.411 e. The molecule has 1 aromatic carbocycles. The van der Waals surface area contributed by atoms with E-state index in [0.29, 0.717) is 53.9 Å². The fraction of sp³-hybridized carbons (Fsp3) is 0.639. The maximum absolute atomic E-state index is 13.3. The number of fused-ring (bicyclic) bond motifs is 5. The molecule has 47 heavy (non-hydrogen) atoms. The average molecular weight is 665 g/mol. The third-order valence-electron chi connectivity index (χ3n) is 10.8. The molecule has 2 aromatic rings. The Balaban J connectivity index is 1.15. The average Bonchev–Trinajstić information content (AvgIpc) is 3.73. The summed E-state index contributed by atoms with van der Waals surface area (Å²) in [5, 5.41) is 8.17. The second-order valence-electron chi connectivity index (χ2n) is 15.0. The molecule has 1 N–H and O–H groups in total. The maximum atomic E-state index is 13.3. The highest BCUT2D eigenvalue weighted by molar-refractivity contribution is 7.15. The lowest BCUT2D eigenvalue weighted by Crippen LogP contribution is -2.45. The van der Waals surface area contributed by atoms with Gasteiger partial charge in [-0.15, -0.1) is 11.3 Å². The Kier molecular flexibility index (Phi) is 9.39. The summed E-state index contributed by atoms with van der Waals surface area (Å²) in [6, 6.07) is 5.44. The molecule has 1 aromatic heterocycles. The molecule has 3 aliphatic carbocycles. The molecule has 0 spiro atoms. The highest BCUT2D eigenvalue weighted by atomic mass is 32.1. The van der Waals surface area contributed by atoms with Crippen LogP contribution in [0.2, 0.25) is 0 Å². The van der Waals surface area contributed by atoms with E-state index in [4.69, 9.17) is 14.3 Å². The van der Waals surface area contributed by atoms with Crippen molar-refractivity contribution in [3.05, 3.63) is 40.4 Å².